The van der Waals surface area contributed by atoms with Crippen molar-refractivity contribution in [1.82, 2.24) is 10.6 Å². The number of primary amides is 1. The van der Waals surface area contributed by atoms with Gasteiger partial charge < -0.3 is 25.8 Å². The van der Waals surface area contributed by atoms with Crippen LogP contribution < -0.4 is 25.8 Å². The molecule has 0 spiro atoms. The molecule has 2 rings (SSSR count). The van der Waals surface area contributed by atoms with Crippen molar-refractivity contribution in [3.63, 3.8) is 0 Å². The molecule has 1 aliphatic rings. The fraction of sp³-hybridized carbons (Fsp3) is 0.579. The lowest BCUT2D eigenvalue weighted by Gasteiger charge is -2.31. The fourth-order valence-electron chi connectivity index (χ4n) is 3.47. The van der Waals surface area contributed by atoms with E-state index in [9.17, 15) is 9.59 Å². The molecular formula is C19H29N3O4. The van der Waals surface area contributed by atoms with Crippen molar-refractivity contribution < 1.29 is 19.1 Å². The summed E-state index contributed by atoms with van der Waals surface area (Å²) in [5.74, 6) is 0.853. The number of nitrogens with one attached hydrogen (secondary N) is 2. The molecule has 1 aliphatic carbocycles. The van der Waals surface area contributed by atoms with E-state index < -0.39 is 17.5 Å². The lowest BCUT2D eigenvalue weighted by molar-refractivity contribution is -0.124. The summed E-state index contributed by atoms with van der Waals surface area (Å²) in [4.78, 5) is 24.6. The van der Waals surface area contributed by atoms with Crippen LogP contribution in [0.5, 0.6) is 11.5 Å². The van der Waals surface area contributed by atoms with Crippen LogP contribution in [-0.4, -0.2) is 31.7 Å². The van der Waals surface area contributed by atoms with E-state index >= 15 is 0 Å². The van der Waals surface area contributed by atoms with Crippen LogP contribution in [0.1, 0.15) is 57.1 Å². The fourth-order valence-corrected chi connectivity index (χ4v) is 3.47. The lowest BCUT2D eigenvalue weighted by Crippen LogP contribution is -2.59. The maximum absolute atomic E-state index is 12.6. The van der Waals surface area contributed by atoms with Gasteiger partial charge >= 0.3 is 6.03 Å². The predicted molar refractivity (Wildman–Crippen MR) is 99.3 cm³/mol. The molecule has 1 unspecified atom stereocenters. The van der Waals surface area contributed by atoms with E-state index in [-0.39, 0.29) is 6.04 Å². The molecule has 4 N–H and O–H groups in total. The number of amides is 3. The van der Waals surface area contributed by atoms with Gasteiger partial charge in [0.2, 0.25) is 5.91 Å². The zero-order chi connectivity index (χ0) is 19.2. The smallest absolute Gasteiger partial charge is 0.316 e. The molecule has 26 heavy (non-hydrogen) atoms. The van der Waals surface area contributed by atoms with Crippen molar-refractivity contribution in [2.75, 3.05) is 14.2 Å². The largest absolute Gasteiger partial charge is 0.497 e. The van der Waals surface area contributed by atoms with Crippen molar-refractivity contribution in [3.8, 4) is 11.5 Å². The number of rotatable bonds is 6. The molecule has 7 heteroatoms. The second kappa shape index (κ2) is 8.78. The minimum atomic E-state index is -0.973. The number of hydrogen-bond donors (Lipinski definition) is 3. The summed E-state index contributed by atoms with van der Waals surface area (Å²) in [5.41, 5.74) is 5.44. The van der Waals surface area contributed by atoms with Crippen molar-refractivity contribution in [1.29, 1.82) is 0 Å². The third-order valence-corrected chi connectivity index (χ3v) is 5.03. The molecule has 1 atom stereocenters. The number of methoxy groups -OCH3 is 2. The van der Waals surface area contributed by atoms with Crippen LogP contribution in [0.4, 0.5) is 4.79 Å². The number of carbonyl (C=O) groups excluding carboxylic acids is 2. The third-order valence-electron chi connectivity index (χ3n) is 5.03. The summed E-state index contributed by atoms with van der Waals surface area (Å²) in [5, 5.41) is 5.72. The average molecular weight is 363 g/mol. The predicted octanol–water partition coefficient (Wildman–Crippen LogP) is 2.64. The van der Waals surface area contributed by atoms with Crippen LogP contribution in [0, 0.1) is 0 Å². The van der Waals surface area contributed by atoms with Gasteiger partial charge in [0.15, 0.2) is 0 Å². The van der Waals surface area contributed by atoms with Gasteiger partial charge in [0.05, 0.1) is 20.3 Å². The van der Waals surface area contributed by atoms with Gasteiger partial charge in [-0.25, -0.2) is 4.79 Å². The van der Waals surface area contributed by atoms with Gasteiger partial charge in [-0.1, -0.05) is 25.7 Å². The second-order valence-corrected chi connectivity index (χ2v) is 6.79. The van der Waals surface area contributed by atoms with Gasteiger partial charge in [0.25, 0.3) is 0 Å². The molecule has 3 amide bonds. The molecule has 0 saturated heterocycles. The van der Waals surface area contributed by atoms with E-state index in [2.05, 4.69) is 10.6 Å². The summed E-state index contributed by atoms with van der Waals surface area (Å²) in [6.45, 7) is 1.85. The Hall–Kier alpha value is -2.44. The van der Waals surface area contributed by atoms with Gasteiger partial charge in [-0.3, -0.25) is 4.79 Å². The minimum absolute atomic E-state index is 0.337. The van der Waals surface area contributed by atoms with Crippen LogP contribution >= 0.6 is 0 Å². The molecule has 1 fully saturated rings. The lowest BCUT2D eigenvalue weighted by atomic mass is 9.89. The molecule has 1 aromatic rings. The Morgan fingerprint density at radius 3 is 2.31 bits per heavy atom. The van der Waals surface area contributed by atoms with Crippen molar-refractivity contribution >= 4 is 11.9 Å². The number of ether oxygens (including phenoxy) is 2. The number of urea groups is 1. The SMILES string of the molecule is COc1ccc(OC)c(C(C)NC(=O)NC2(C(N)=O)CCCCCC2)c1. The number of benzene rings is 1. The van der Waals surface area contributed by atoms with Crippen LogP contribution in [0.25, 0.3) is 0 Å². The molecule has 0 aromatic heterocycles. The molecule has 0 bridgehead atoms. The van der Waals surface area contributed by atoms with E-state index in [1.54, 1.807) is 26.4 Å². The normalized spacial score (nSPS) is 17.5. The minimum Gasteiger partial charge on any atom is -0.497 e. The van der Waals surface area contributed by atoms with Crippen LogP contribution in [0.2, 0.25) is 0 Å². The Bertz CT molecular complexity index is 640. The molecule has 7 nitrogen and oxygen atoms in total. The van der Waals surface area contributed by atoms with Crippen LogP contribution in [0.15, 0.2) is 18.2 Å². The molecule has 0 heterocycles. The molecular weight excluding hydrogens is 334 g/mol. The van der Waals surface area contributed by atoms with E-state index in [4.69, 9.17) is 15.2 Å². The van der Waals surface area contributed by atoms with Crippen molar-refractivity contribution in [2.24, 2.45) is 5.73 Å². The highest BCUT2D eigenvalue weighted by atomic mass is 16.5. The first-order chi connectivity index (χ1) is 12.4. The zero-order valence-electron chi connectivity index (χ0n) is 15.8. The van der Waals surface area contributed by atoms with E-state index in [1.807, 2.05) is 13.0 Å². The Morgan fingerprint density at radius 2 is 1.77 bits per heavy atom. The molecule has 0 aliphatic heterocycles. The van der Waals surface area contributed by atoms with E-state index in [0.717, 1.165) is 31.2 Å². The standard InChI is InChI=1S/C19H29N3O4/c1-13(15-12-14(25-2)8-9-16(15)26-3)21-18(24)22-19(17(20)23)10-6-4-5-7-11-19/h8-9,12-13H,4-7,10-11H2,1-3H3,(H2,20,23)(H2,21,22,24). The van der Waals surface area contributed by atoms with Gasteiger partial charge in [-0.2, -0.15) is 0 Å². The average Bonchev–Trinajstić information content (AvgIpc) is 2.87. The number of carbonyl (C=O) groups is 2. The van der Waals surface area contributed by atoms with Gasteiger partial charge in [0, 0.05) is 5.56 Å². The first-order valence-electron chi connectivity index (χ1n) is 9.02. The highest BCUT2D eigenvalue weighted by Gasteiger charge is 2.38. The Labute approximate surface area is 154 Å². The highest BCUT2D eigenvalue weighted by Crippen LogP contribution is 2.30. The quantitative estimate of drug-likeness (QED) is 0.676. The monoisotopic (exact) mass is 363 g/mol. The molecule has 1 saturated carbocycles. The Morgan fingerprint density at radius 1 is 1.12 bits per heavy atom. The number of hydrogen-bond acceptors (Lipinski definition) is 4. The summed E-state index contributed by atoms with van der Waals surface area (Å²) < 4.78 is 10.6. The highest BCUT2D eigenvalue weighted by molar-refractivity contribution is 5.90. The van der Waals surface area contributed by atoms with Gasteiger partial charge in [-0.05, 0) is 38.0 Å². The first kappa shape index (κ1) is 19.9. The Kier molecular flexibility index (Phi) is 6.71. The Balaban J connectivity index is 2.12. The maximum atomic E-state index is 12.6. The van der Waals surface area contributed by atoms with Crippen LogP contribution in [0.3, 0.4) is 0 Å². The molecule has 0 radical (unpaired) electrons. The maximum Gasteiger partial charge on any atom is 0.316 e. The van der Waals surface area contributed by atoms with E-state index in [0.29, 0.717) is 24.3 Å². The summed E-state index contributed by atoms with van der Waals surface area (Å²) in [7, 11) is 3.16. The topological polar surface area (TPSA) is 103 Å². The zero-order valence-corrected chi connectivity index (χ0v) is 15.8. The summed E-state index contributed by atoms with van der Waals surface area (Å²) >= 11 is 0. The van der Waals surface area contributed by atoms with E-state index in [1.165, 1.54) is 0 Å². The second-order valence-electron chi connectivity index (χ2n) is 6.79. The third kappa shape index (κ3) is 4.59. The van der Waals surface area contributed by atoms with Crippen molar-refractivity contribution in [3.05, 3.63) is 23.8 Å². The molecule has 1 aromatic carbocycles. The number of nitrogens with two attached hydrogens (primary N) is 1. The summed E-state index contributed by atoms with van der Waals surface area (Å²) in [6.07, 6.45) is 5.01. The molecule has 144 valence electrons. The van der Waals surface area contributed by atoms with Gasteiger partial charge in [0.1, 0.15) is 17.0 Å². The van der Waals surface area contributed by atoms with Crippen LogP contribution in [-0.2, 0) is 4.79 Å². The van der Waals surface area contributed by atoms with Gasteiger partial charge in [-0.15, -0.1) is 0 Å². The van der Waals surface area contributed by atoms with Crippen molar-refractivity contribution in [2.45, 2.75) is 57.0 Å². The first-order valence-corrected chi connectivity index (χ1v) is 9.02. The summed E-state index contributed by atoms with van der Waals surface area (Å²) in [6, 6.07) is 4.65.